The molecular formula is C18H17ClN4O6S. The summed E-state index contributed by atoms with van der Waals surface area (Å²) in [6, 6.07) is 8.35. The maximum Gasteiger partial charge on any atom is 0.311 e. The standard InChI is InChI=1S/C18H17ClN4O6S/c19-13-4-6-14(7-5-13)30(28,29)22-9-1-2-15(22)18(25)21-20-11-12-3-8-17(24)16(10-12)23(26)27/h3-8,10-11,15,24H,1-2,9H2,(H,21,25)/b20-11-/t15-/m0/s1. The van der Waals surface area contributed by atoms with Crippen molar-refractivity contribution in [1.29, 1.82) is 0 Å². The van der Waals surface area contributed by atoms with Crippen molar-refractivity contribution in [3.8, 4) is 5.75 Å². The Bertz CT molecular complexity index is 1100. The van der Waals surface area contributed by atoms with Crippen LogP contribution in [0, 0.1) is 10.1 Å². The highest BCUT2D eigenvalue weighted by molar-refractivity contribution is 7.89. The number of amides is 1. The van der Waals surface area contributed by atoms with E-state index in [0.29, 0.717) is 17.9 Å². The average Bonchev–Trinajstić information content (AvgIpc) is 3.20. The van der Waals surface area contributed by atoms with Crippen LogP contribution in [-0.4, -0.2) is 47.5 Å². The van der Waals surface area contributed by atoms with E-state index in [2.05, 4.69) is 10.5 Å². The summed E-state index contributed by atoms with van der Waals surface area (Å²) in [7, 11) is -3.89. The lowest BCUT2D eigenvalue weighted by atomic mass is 10.2. The number of hydrogen-bond acceptors (Lipinski definition) is 7. The van der Waals surface area contributed by atoms with Gasteiger partial charge in [0.15, 0.2) is 5.75 Å². The molecule has 12 heteroatoms. The molecule has 0 saturated carbocycles. The number of hydrogen-bond donors (Lipinski definition) is 2. The summed E-state index contributed by atoms with van der Waals surface area (Å²) in [6.07, 6.45) is 2.01. The molecule has 1 aliphatic heterocycles. The first-order valence-corrected chi connectivity index (χ1v) is 10.6. The summed E-state index contributed by atoms with van der Waals surface area (Å²) in [5.41, 5.74) is 2.05. The maximum atomic E-state index is 12.9. The number of nitrogens with zero attached hydrogens (tertiary/aromatic N) is 3. The number of sulfonamides is 1. The second-order valence-corrected chi connectivity index (χ2v) is 8.79. The first-order valence-electron chi connectivity index (χ1n) is 8.78. The van der Waals surface area contributed by atoms with E-state index in [1.165, 1.54) is 30.3 Å². The molecule has 3 rings (SSSR count). The predicted octanol–water partition coefficient (Wildman–Crippen LogP) is 2.26. The molecule has 0 unspecified atom stereocenters. The SMILES string of the molecule is O=C(N/N=C\c1ccc(O)c([N+](=O)[O-])c1)[C@@H]1CCCN1S(=O)(=O)c1ccc(Cl)cc1. The Morgan fingerprint density at radius 3 is 2.67 bits per heavy atom. The zero-order chi connectivity index (χ0) is 21.9. The number of phenolic OH excluding ortho intramolecular Hbond substituents is 1. The number of nitro benzene ring substituents is 1. The van der Waals surface area contributed by atoms with Crippen molar-refractivity contribution in [3.63, 3.8) is 0 Å². The van der Waals surface area contributed by atoms with Gasteiger partial charge in [-0.25, -0.2) is 13.8 Å². The highest BCUT2D eigenvalue weighted by Crippen LogP contribution is 2.27. The topological polar surface area (TPSA) is 142 Å². The Morgan fingerprint density at radius 2 is 2.00 bits per heavy atom. The summed E-state index contributed by atoms with van der Waals surface area (Å²) >= 11 is 5.80. The van der Waals surface area contributed by atoms with Gasteiger partial charge < -0.3 is 5.11 Å². The molecule has 2 N–H and O–H groups in total. The van der Waals surface area contributed by atoms with Gasteiger partial charge in [-0.05, 0) is 49.2 Å². The number of nitrogens with one attached hydrogen (secondary N) is 1. The van der Waals surface area contributed by atoms with Crippen molar-refractivity contribution in [2.45, 2.75) is 23.8 Å². The number of nitro groups is 1. The van der Waals surface area contributed by atoms with Crippen molar-refractivity contribution in [3.05, 3.63) is 63.2 Å². The second-order valence-electron chi connectivity index (χ2n) is 6.47. The fraction of sp³-hybridized carbons (Fsp3) is 0.222. The average molecular weight is 453 g/mol. The molecule has 0 aromatic heterocycles. The lowest BCUT2D eigenvalue weighted by Gasteiger charge is -2.22. The van der Waals surface area contributed by atoms with Crippen LogP contribution >= 0.6 is 11.6 Å². The van der Waals surface area contributed by atoms with Crippen LogP contribution in [-0.2, 0) is 14.8 Å². The monoisotopic (exact) mass is 452 g/mol. The van der Waals surface area contributed by atoms with Gasteiger partial charge in [-0.2, -0.15) is 9.41 Å². The molecule has 1 heterocycles. The van der Waals surface area contributed by atoms with Crippen LogP contribution in [0.3, 0.4) is 0 Å². The van der Waals surface area contributed by atoms with Gasteiger partial charge in [0.1, 0.15) is 6.04 Å². The molecule has 2 aromatic rings. The van der Waals surface area contributed by atoms with Crippen LogP contribution in [0.5, 0.6) is 5.75 Å². The van der Waals surface area contributed by atoms with Crippen molar-refractivity contribution >= 4 is 39.4 Å². The lowest BCUT2D eigenvalue weighted by molar-refractivity contribution is -0.385. The number of carbonyl (C=O) groups excluding carboxylic acids is 1. The van der Waals surface area contributed by atoms with E-state index in [1.54, 1.807) is 0 Å². The molecule has 0 aliphatic carbocycles. The van der Waals surface area contributed by atoms with Crippen LogP contribution in [0.15, 0.2) is 52.5 Å². The minimum atomic E-state index is -3.89. The van der Waals surface area contributed by atoms with Crippen molar-refractivity contribution < 1.29 is 23.2 Å². The molecule has 0 bridgehead atoms. The largest absolute Gasteiger partial charge is 0.502 e. The Kier molecular flexibility index (Phi) is 6.34. The third kappa shape index (κ3) is 4.58. The minimum absolute atomic E-state index is 0.0338. The third-order valence-corrected chi connectivity index (χ3v) is 6.69. The van der Waals surface area contributed by atoms with Gasteiger partial charge in [-0.3, -0.25) is 14.9 Å². The number of aromatic hydroxyl groups is 1. The quantitative estimate of drug-likeness (QED) is 0.391. The first-order chi connectivity index (χ1) is 14.2. The summed E-state index contributed by atoms with van der Waals surface area (Å²) in [5.74, 6) is -1.11. The first kappa shape index (κ1) is 21.7. The molecule has 1 saturated heterocycles. The zero-order valence-corrected chi connectivity index (χ0v) is 17.0. The highest BCUT2D eigenvalue weighted by Gasteiger charge is 2.39. The zero-order valence-electron chi connectivity index (χ0n) is 15.4. The maximum absolute atomic E-state index is 12.9. The summed E-state index contributed by atoms with van der Waals surface area (Å²) in [4.78, 5) is 22.7. The summed E-state index contributed by atoms with van der Waals surface area (Å²) in [5, 5.41) is 24.5. The number of halogens is 1. The Balaban J connectivity index is 1.72. The van der Waals surface area contributed by atoms with Crippen molar-refractivity contribution in [1.82, 2.24) is 9.73 Å². The van der Waals surface area contributed by atoms with Gasteiger partial charge in [0.05, 0.1) is 16.0 Å². The molecule has 10 nitrogen and oxygen atoms in total. The molecule has 2 aromatic carbocycles. The normalized spacial score (nSPS) is 17.3. The molecule has 1 atom stereocenters. The van der Waals surface area contributed by atoms with E-state index in [0.717, 1.165) is 22.7 Å². The van der Waals surface area contributed by atoms with Crippen LogP contribution in [0.1, 0.15) is 18.4 Å². The van der Waals surface area contributed by atoms with Gasteiger partial charge in [0, 0.05) is 23.2 Å². The van der Waals surface area contributed by atoms with Gasteiger partial charge in [-0.15, -0.1) is 0 Å². The van der Waals surface area contributed by atoms with Gasteiger partial charge in [0.2, 0.25) is 10.0 Å². The lowest BCUT2D eigenvalue weighted by Crippen LogP contribution is -2.44. The fourth-order valence-electron chi connectivity index (χ4n) is 3.04. The van der Waals surface area contributed by atoms with Gasteiger partial charge in [0.25, 0.3) is 5.91 Å². The Labute approximate surface area is 177 Å². The van der Waals surface area contributed by atoms with Crippen LogP contribution < -0.4 is 5.43 Å². The van der Waals surface area contributed by atoms with Crippen LogP contribution in [0.2, 0.25) is 5.02 Å². The molecule has 158 valence electrons. The minimum Gasteiger partial charge on any atom is -0.502 e. The van der Waals surface area contributed by atoms with Gasteiger partial charge >= 0.3 is 5.69 Å². The van der Waals surface area contributed by atoms with E-state index in [4.69, 9.17) is 11.6 Å². The molecule has 0 spiro atoms. The smallest absolute Gasteiger partial charge is 0.311 e. The fourth-order valence-corrected chi connectivity index (χ4v) is 4.83. The van der Waals surface area contributed by atoms with Gasteiger partial charge in [-0.1, -0.05) is 11.6 Å². The van der Waals surface area contributed by atoms with E-state index in [1.807, 2.05) is 0 Å². The van der Waals surface area contributed by atoms with E-state index in [-0.39, 0.29) is 17.0 Å². The number of carbonyl (C=O) groups is 1. The van der Waals surface area contributed by atoms with Crippen LogP contribution in [0.4, 0.5) is 5.69 Å². The summed E-state index contributed by atoms with van der Waals surface area (Å²) < 4.78 is 26.8. The van der Waals surface area contributed by atoms with Crippen molar-refractivity contribution in [2.24, 2.45) is 5.10 Å². The molecule has 1 amide bonds. The number of rotatable bonds is 6. The number of benzene rings is 2. The van der Waals surface area contributed by atoms with E-state index < -0.39 is 38.3 Å². The molecular weight excluding hydrogens is 436 g/mol. The van der Waals surface area contributed by atoms with E-state index >= 15 is 0 Å². The highest BCUT2D eigenvalue weighted by atomic mass is 35.5. The molecule has 30 heavy (non-hydrogen) atoms. The predicted molar refractivity (Wildman–Crippen MR) is 109 cm³/mol. The molecule has 0 radical (unpaired) electrons. The Hall–Kier alpha value is -3.02. The van der Waals surface area contributed by atoms with Crippen LogP contribution in [0.25, 0.3) is 0 Å². The summed E-state index contributed by atoms with van der Waals surface area (Å²) in [6.45, 7) is 0.191. The van der Waals surface area contributed by atoms with E-state index in [9.17, 15) is 28.4 Å². The molecule has 1 aliphatic rings. The third-order valence-electron chi connectivity index (χ3n) is 4.51. The molecule has 1 fully saturated rings. The number of phenols is 1. The Morgan fingerprint density at radius 1 is 1.30 bits per heavy atom. The second kappa shape index (κ2) is 8.78. The van der Waals surface area contributed by atoms with Crippen molar-refractivity contribution in [2.75, 3.05) is 6.54 Å². The number of hydrazone groups is 1.